The number of hydrogen-bond donors (Lipinski definition) is 1. The average Bonchev–Trinajstić information content (AvgIpc) is 2.29. The highest BCUT2D eigenvalue weighted by Crippen LogP contribution is 2.13. The number of aryl methyl sites for hydroxylation is 1. The Bertz CT molecular complexity index is 332. The number of carbonyl (C=O) groups is 1. The molecule has 0 fully saturated rings. The lowest BCUT2D eigenvalue weighted by atomic mass is 10.1. The number of hydrogen-bond acceptors (Lipinski definition) is 2. The van der Waals surface area contributed by atoms with Gasteiger partial charge in [0.1, 0.15) is 6.61 Å². The Labute approximate surface area is 96.8 Å². The lowest BCUT2D eigenvalue weighted by Gasteiger charge is -2.14. The summed E-state index contributed by atoms with van der Waals surface area (Å²) in [5.74, 6) is -0.0884. The molecule has 0 spiro atoms. The molecule has 88 valence electrons. The fourth-order valence-corrected chi connectivity index (χ4v) is 1.54. The van der Waals surface area contributed by atoms with Crippen molar-refractivity contribution in [2.45, 2.75) is 26.3 Å². The molecule has 1 rings (SSSR count). The summed E-state index contributed by atoms with van der Waals surface area (Å²) in [6, 6.07) is 8.31. The molecule has 1 atom stereocenters. The van der Waals surface area contributed by atoms with E-state index in [1.165, 1.54) is 12.7 Å². The van der Waals surface area contributed by atoms with Crippen molar-refractivity contribution in [1.29, 1.82) is 0 Å². The Hall–Kier alpha value is -1.35. The normalized spacial score (nSPS) is 12.2. The number of methoxy groups -OCH3 is 1. The van der Waals surface area contributed by atoms with Crippen LogP contribution in [0.2, 0.25) is 0 Å². The molecule has 0 aliphatic rings. The summed E-state index contributed by atoms with van der Waals surface area (Å²) in [7, 11) is 1.51. The molecule has 1 N–H and O–H groups in total. The second-order valence-electron chi connectivity index (χ2n) is 3.82. The molecule has 0 radical (unpaired) electrons. The second kappa shape index (κ2) is 6.28. The van der Waals surface area contributed by atoms with Gasteiger partial charge in [-0.3, -0.25) is 4.79 Å². The van der Waals surface area contributed by atoms with E-state index in [9.17, 15) is 4.79 Å². The number of ether oxygens (including phenoxy) is 1. The topological polar surface area (TPSA) is 38.3 Å². The quantitative estimate of drug-likeness (QED) is 0.826. The van der Waals surface area contributed by atoms with Crippen LogP contribution in [0, 0.1) is 0 Å². The van der Waals surface area contributed by atoms with Crippen LogP contribution in [0.5, 0.6) is 0 Å². The van der Waals surface area contributed by atoms with Gasteiger partial charge in [-0.15, -0.1) is 0 Å². The maximum Gasteiger partial charge on any atom is 0.246 e. The van der Waals surface area contributed by atoms with E-state index in [-0.39, 0.29) is 18.6 Å². The summed E-state index contributed by atoms with van der Waals surface area (Å²) in [5, 5.41) is 2.87. The van der Waals surface area contributed by atoms with Gasteiger partial charge in [-0.2, -0.15) is 0 Å². The van der Waals surface area contributed by atoms with E-state index in [0.29, 0.717) is 0 Å². The summed E-state index contributed by atoms with van der Waals surface area (Å²) in [5.41, 5.74) is 2.42. The van der Waals surface area contributed by atoms with E-state index >= 15 is 0 Å². The minimum atomic E-state index is -0.0884. The van der Waals surface area contributed by atoms with Gasteiger partial charge in [-0.25, -0.2) is 0 Å². The van der Waals surface area contributed by atoms with Crippen LogP contribution in [0.3, 0.4) is 0 Å². The third kappa shape index (κ3) is 3.66. The van der Waals surface area contributed by atoms with Crippen molar-refractivity contribution < 1.29 is 9.53 Å². The van der Waals surface area contributed by atoms with Crippen LogP contribution in [-0.4, -0.2) is 19.6 Å². The highest BCUT2D eigenvalue weighted by Gasteiger charge is 2.08. The van der Waals surface area contributed by atoms with Gasteiger partial charge in [0, 0.05) is 7.11 Å². The highest BCUT2D eigenvalue weighted by molar-refractivity contribution is 5.77. The first-order valence-electron chi connectivity index (χ1n) is 5.54. The van der Waals surface area contributed by atoms with Crippen LogP contribution in [0.1, 0.15) is 31.0 Å². The number of nitrogens with one attached hydrogen (secondary N) is 1. The summed E-state index contributed by atoms with van der Waals surface area (Å²) < 4.78 is 4.76. The van der Waals surface area contributed by atoms with Gasteiger partial charge in [-0.1, -0.05) is 31.2 Å². The van der Waals surface area contributed by atoms with E-state index in [1.807, 2.05) is 6.92 Å². The summed E-state index contributed by atoms with van der Waals surface area (Å²) in [6.07, 6.45) is 1.03. The first kappa shape index (κ1) is 12.7. The van der Waals surface area contributed by atoms with Gasteiger partial charge < -0.3 is 10.1 Å². The molecule has 0 heterocycles. The van der Waals surface area contributed by atoms with E-state index in [0.717, 1.165) is 12.0 Å². The maximum atomic E-state index is 11.3. The number of carbonyl (C=O) groups excluding carboxylic acids is 1. The second-order valence-corrected chi connectivity index (χ2v) is 3.82. The van der Waals surface area contributed by atoms with Gasteiger partial charge in [0.05, 0.1) is 6.04 Å². The minimum Gasteiger partial charge on any atom is -0.375 e. The molecule has 0 unspecified atom stereocenters. The molecule has 0 saturated carbocycles. The zero-order valence-corrected chi connectivity index (χ0v) is 10.1. The standard InChI is InChI=1S/C13H19NO2/c1-4-11-5-7-12(8-6-11)10(2)14-13(15)9-16-3/h5-8,10H,4,9H2,1-3H3,(H,14,15)/t10-/m0/s1. The largest absolute Gasteiger partial charge is 0.375 e. The maximum absolute atomic E-state index is 11.3. The Morgan fingerprint density at radius 3 is 2.50 bits per heavy atom. The molecule has 3 nitrogen and oxygen atoms in total. The zero-order valence-electron chi connectivity index (χ0n) is 10.1. The van der Waals surface area contributed by atoms with Crippen LogP contribution in [0.15, 0.2) is 24.3 Å². The van der Waals surface area contributed by atoms with Gasteiger partial charge >= 0.3 is 0 Å². The molecule has 0 bridgehead atoms. The van der Waals surface area contributed by atoms with Gasteiger partial charge in [0.2, 0.25) is 5.91 Å². The van der Waals surface area contributed by atoms with E-state index in [4.69, 9.17) is 4.74 Å². The lowest BCUT2D eigenvalue weighted by Crippen LogP contribution is -2.29. The van der Waals surface area contributed by atoms with Crippen molar-refractivity contribution in [3.63, 3.8) is 0 Å². The first-order chi connectivity index (χ1) is 7.67. The van der Waals surface area contributed by atoms with E-state index in [2.05, 4.69) is 36.5 Å². The number of rotatable bonds is 5. The third-order valence-corrected chi connectivity index (χ3v) is 2.54. The van der Waals surface area contributed by atoms with Crippen molar-refractivity contribution in [3.8, 4) is 0 Å². The molecule has 1 aromatic carbocycles. The van der Waals surface area contributed by atoms with Crippen LogP contribution >= 0.6 is 0 Å². The number of benzene rings is 1. The summed E-state index contributed by atoms with van der Waals surface area (Å²) in [6.45, 7) is 4.20. The predicted molar refractivity (Wildman–Crippen MR) is 64.3 cm³/mol. The molecule has 0 saturated heterocycles. The van der Waals surface area contributed by atoms with Crippen molar-refractivity contribution in [3.05, 3.63) is 35.4 Å². The smallest absolute Gasteiger partial charge is 0.246 e. The molecule has 1 amide bonds. The highest BCUT2D eigenvalue weighted by atomic mass is 16.5. The van der Waals surface area contributed by atoms with Crippen molar-refractivity contribution in [1.82, 2.24) is 5.32 Å². The van der Waals surface area contributed by atoms with E-state index < -0.39 is 0 Å². The number of amides is 1. The van der Waals surface area contributed by atoms with Crippen molar-refractivity contribution in [2.75, 3.05) is 13.7 Å². The van der Waals surface area contributed by atoms with Crippen molar-refractivity contribution >= 4 is 5.91 Å². The molecule has 3 heteroatoms. The summed E-state index contributed by atoms with van der Waals surface area (Å²) in [4.78, 5) is 11.3. The van der Waals surface area contributed by atoms with Gasteiger partial charge in [0.25, 0.3) is 0 Å². The molecule has 16 heavy (non-hydrogen) atoms. The monoisotopic (exact) mass is 221 g/mol. The zero-order chi connectivity index (χ0) is 12.0. The van der Waals surface area contributed by atoms with E-state index in [1.54, 1.807) is 0 Å². The molecule has 0 aromatic heterocycles. The van der Waals surface area contributed by atoms with Gasteiger partial charge in [0.15, 0.2) is 0 Å². The Kier molecular flexibility index (Phi) is 4.99. The predicted octanol–water partition coefficient (Wildman–Crippen LogP) is 2.07. The Balaban J connectivity index is 2.58. The first-order valence-corrected chi connectivity index (χ1v) is 5.54. The molecule has 0 aliphatic heterocycles. The third-order valence-electron chi connectivity index (χ3n) is 2.54. The van der Waals surface area contributed by atoms with Gasteiger partial charge in [-0.05, 0) is 24.5 Å². The Morgan fingerprint density at radius 1 is 1.38 bits per heavy atom. The van der Waals surface area contributed by atoms with Crippen LogP contribution in [-0.2, 0) is 16.0 Å². The molecular weight excluding hydrogens is 202 g/mol. The molecule has 1 aromatic rings. The summed E-state index contributed by atoms with van der Waals surface area (Å²) >= 11 is 0. The van der Waals surface area contributed by atoms with Crippen LogP contribution < -0.4 is 5.32 Å². The van der Waals surface area contributed by atoms with Crippen molar-refractivity contribution in [2.24, 2.45) is 0 Å². The minimum absolute atomic E-state index is 0.0218. The fourth-order valence-electron chi connectivity index (χ4n) is 1.54. The SMILES string of the molecule is CCc1ccc([C@H](C)NC(=O)COC)cc1. The molecule has 0 aliphatic carbocycles. The Morgan fingerprint density at radius 2 is 2.00 bits per heavy atom. The fraction of sp³-hybridized carbons (Fsp3) is 0.462. The average molecular weight is 221 g/mol. The lowest BCUT2D eigenvalue weighted by molar-refractivity contribution is -0.125. The van der Waals surface area contributed by atoms with Crippen LogP contribution in [0.25, 0.3) is 0 Å². The molecular formula is C13H19NO2. The van der Waals surface area contributed by atoms with Crippen LogP contribution in [0.4, 0.5) is 0 Å².